The molecule has 0 unspecified atom stereocenters. The Balaban J connectivity index is 2.63. The van der Waals surface area contributed by atoms with Gasteiger partial charge in [-0.1, -0.05) is 62.2 Å². The fraction of sp³-hybridized carbons (Fsp3) is 0.0714. The number of rotatable bonds is 3. The van der Waals surface area contributed by atoms with Gasteiger partial charge in [-0.3, -0.25) is 4.79 Å². The van der Waals surface area contributed by atoms with Gasteiger partial charge in [0.1, 0.15) is 0 Å². The lowest BCUT2D eigenvalue weighted by Gasteiger charge is -2.09. The molecule has 0 heterocycles. The van der Waals surface area contributed by atoms with Gasteiger partial charge in [0.25, 0.3) is 0 Å². The molecule has 1 nitrogen and oxygen atoms in total. The maximum absolute atomic E-state index is 11.1. The van der Waals surface area contributed by atoms with Gasteiger partial charge in [0.15, 0.2) is 6.29 Å². The summed E-state index contributed by atoms with van der Waals surface area (Å²) in [6, 6.07) is 13.8. The van der Waals surface area contributed by atoms with E-state index in [0.717, 1.165) is 27.2 Å². The average molecular weight is 354 g/mol. The minimum Gasteiger partial charge on any atom is -0.298 e. The van der Waals surface area contributed by atoms with E-state index < -0.39 is 0 Å². The molecular weight excluding hydrogens is 344 g/mol. The van der Waals surface area contributed by atoms with Crippen LogP contribution in [0.15, 0.2) is 46.9 Å². The third-order valence-corrected chi connectivity index (χ3v) is 3.69. The Labute approximate surface area is 117 Å². The first-order chi connectivity index (χ1) is 8.26. The van der Waals surface area contributed by atoms with Gasteiger partial charge in [-0.15, -0.1) is 0 Å². The van der Waals surface area contributed by atoms with Gasteiger partial charge in [0.2, 0.25) is 0 Å². The number of hydrogen-bond acceptors (Lipinski definition) is 1. The Morgan fingerprint density at radius 2 is 1.82 bits per heavy atom. The molecule has 2 rings (SSSR count). The summed E-state index contributed by atoms with van der Waals surface area (Å²) in [7, 11) is 0. The molecule has 0 radical (unpaired) electrons. The zero-order valence-electron chi connectivity index (χ0n) is 8.99. The molecule has 0 atom stereocenters. The molecule has 0 saturated carbocycles. The van der Waals surface area contributed by atoms with Crippen molar-refractivity contribution in [3.05, 3.63) is 58.1 Å². The van der Waals surface area contributed by atoms with Crippen molar-refractivity contribution in [2.45, 2.75) is 5.33 Å². The van der Waals surface area contributed by atoms with Crippen LogP contribution in [0.3, 0.4) is 0 Å². The van der Waals surface area contributed by atoms with Gasteiger partial charge in [-0.2, -0.15) is 0 Å². The van der Waals surface area contributed by atoms with Crippen LogP contribution in [0.5, 0.6) is 0 Å². The van der Waals surface area contributed by atoms with Crippen LogP contribution in [-0.2, 0) is 5.33 Å². The number of alkyl halides is 1. The first kappa shape index (κ1) is 12.5. The summed E-state index contributed by atoms with van der Waals surface area (Å²) < 4.78 is 0.916. The molecule has 0 aliphatic rings. The molecule has 17 heavy (non-hydrogen) atoms. The highest BCUT2D eigenvalue weighted by Crippen LogP contribution is 2.29. The van der Waals surface area contributed by atoms with Crippen LogP contribution in [0.25, 0.3) is 11.1 Å². The van der Waals surface area contributed by atoms with Gasteiger partial charge in [-0.25, -0.2) is 0 Å². The molecule has 0 N–H and O–H groups in total. The highest BCUT2D eigenvalue weighted by molar-refractivity contribution is 9.10. The number of carbonyl (C=O) groups excluding carboxylic acids is 1. The Kier molecular flexibility index (Phi) is 4.13. The maximum atomic E-state index is 11.1. The van der Waals surface area contributed by atoms with Crippen molar-refractivity contribution >= 4 is 38.1 Å². The van der Waals surface area contributed by atoms with Crippen LogP contribution in [0.2, 0.25) is 0 Å². The second-order valence-corrected chi connectivity index (χ2v) is 5.12. The van der Waals surface area contributed by atoms with E-state index in [1.165, 1.54) is 5.56 Å². The number of halogens is 2. The topological polar surface area (TPSA) is 17.1 Å². The quantitative estimate of drug-likeness (QED) is 0.570. The summed E-state index contributed by atoms with van der Waals surface area (Å²) in [6.45, 7) is 0. The Morgan fingerprint density at radius 1 is 1.06 bits per heavy atom. The van der Waals surface area contributed by atoms with E-state index in [2.05, 4.69) is 37.9 Å². The van der Waals surface area contributed by atoms with E-state index in [4.69, 9.17) is 0 Å². The minimum absolute atomic E-state index is 0.702. The first-order valence-electron chi connectivity index (χ1n) is 5.15. The second kappa shape index (κ2) is 5.61. The van der Waals surface area contributed by atoms with Gasteiger partial charge >= 0.3 is 0 Å². The van der Waals surface area contributed by atoms with E-state index in [1.54, 1.807) is 0 Å². The number of carbonyl (C=O) groups is 1. The molecule has 2 aromatic carbocycles. The molecule has 0 fully saturated rings. The van der Waals surface area contributed by atoms with Crippen molar-refractivity contribution in [1.29, 1.82) is 0 Å². The normalized spacial score (nSPS) is 10.2. The molecule has 3 heteroatoms. The predicted octanol–water partition coefficient (Wildman–Crippen LogP) is 4.82. The minimum atomic E-state index is 0.702. The summed E-state index contributed by atoms with van der Waals surface area (Å²) in [6.07, 6.45) is 0.894. The van der Waals surface area contributed by atoms with Crippen molar-refractivity contribution in [1.82, 2.24) is 0 Å². The molecule has 0 amide bonds. The van der Waals surface area contributed by atoms with E-state index in [1.807, 2.05) is 36.4 Å². The molecule has 0 aromatic heterocycles. The first-order valence-corrected chi connectivity index (χ1v) is 7.06. The zero-order chi connectivity index (χ0) is 12.3. The van der Waals surface area contributed by atoms with Crippen LogP contribution in [0, 0.1) is 0 Å². The fourth-order valence-electron chi connectivity index (χ4n) is 1.78. The molecule has 0 spiro atoms. The van der Waals surface area contributed by atoms with Crippen LogP contribution in [-0.4, -0.2) is 6.29 Å². The predicted molar refractivity (Wildman–Crippen MR) is 77.6 cm³/mol. The summed E-state index contributed by atoms with van der Waals surface area (Å²) in [5.74, 6) is 0. The van der Waals surface area contributed by atoms with Crippen LogP contribution in [0.4, 0.5) is 0 Å². The van der Waals surface area contributed by atoms with E-state index in [9.17, 15) is 4.79 Å². The Morgan fingerprint density at radius 3 is 2.53 bits per heavy atom. The van der Waals surface area contributed by atoms with Crippen molar-refractivity contribution in [2.75, 3.05) is 0 Å². The van der Waals surface area contributed by atoms with Crippen LogP contribution >= 0.6 is 31.9 Å². The van der Waals surface area contributed by atoms with Gasteiger partial charge in [-0.05, 0) is 28.8 Å². The Bertz CT molecular complexity index is 550. The highest BCUT2D eigenvalue weighted by Gasteiger charge is 2.08. The SMILES string of the molecule is O=Cc1cc(Br)ccc1-c1ccccc1CBr. The standard InChI is InChI=1S/C14H10Br2O/c15-8-10-3-1-2-4-13(10)14-6-5-12(16)7-11(14)9-17/h1-7,9H,8H2. The molecule has 0 bridgehead atoms. The zero-order valence-corrected chi connectivity index (χ0v) is 12.2. The second-order valence-electron chi connectivity index (χ2n) is 3.64. The molecule has 0 aliphatic carbocycles. The average Bonchev–Trinajstić information content (AvgIpc) is 2.38. The summed E-state index contributed by atoms with van der Waals surface area (Å²) in [5.41, 5.74) is 3.95. The van der Waals surface area contributed by atoms with Gasteiger partial charge < -0.3 is 0 Å². The summed E-state index contributed by atoms with van der Waals surface area (Å²) >= 11 is 6.85. The van der Waals surface area contributed by atoms with Gasteiger partial charge in [0, 0.05) is 15.4 Å². The Hall–Kier alpha value is -0.930. The van der Waals surface area contributed by atoms with Crippen molar-refractivity contribution < 1.29 is 4.79 Å². The monoisotopic (exact) mass is 352 g/mol. The molecular formula is C14H10Br2O. The largest absolute Gasteiger partial charge is 0.298 e. The fourth-order valence-corrected chi connectivity index (χ4v) is 2.64. The van der Waals surface area contributed by atoms with Crippen molar-refractivity contribution in [2.24, 2.45) is 0 Å². The third-order valence-electron chi connectivity index (χ3n) is 2.59. The smallest absolute Gasteiger partial charge is 0.150 e. The highest BCUT2D eigenvalue weighted by atomic mass is 79.9. The lowest BCUT2D eigenvalue weighted by molar-refractivity contribution is 0.112. The van der Waals surface area contributed by atoms with Gasteiger partial charge in [0.05, 0.1) is 0 Å². The van der Waals surface area contributed by atoms with E-state index >= 15 is 0 Å². The number of hydrogen-bond donors (Lipinski definition) is 0. The summed E-state index contributed by atoms with van der Waals surface area (Å²) in [5, 5.41) is 0.775. The van der Waals surface area contributed by atoms with E-state index in [-0.39, 0.29) is 0 Å². The van der Waals surface area contributed by atoms with E-state index in [0.29, 0.717) is 5.56 Å². The molecule has 0 saturated heterocycles. The number of benzene rings is 2. The van der Waals surface area contributed by atoms with Crippen molar-refractivity contribution in [3.63, 3.8) is 0 Å². The molecule has 2 aromatic rings. The lowest BCUT2D eigenvalue weighted by Crippen LogP contribution is -1.91. The third kappa shape index (κ3) is 2.67. The number of aldehydes is 1. The molecule has 0 aliphatic heterocycles. The molecule has 86 valence electrons. The van der Waals surface area contributed by atoms with Crippen LogP contribution in [0.1, 0.15) is 15.9 Å². The lowest BCUT2D eigenvalue weighted by atomic mass is 9.97. The maximum Gasteiger partial charge on any atom is 0.150 e. The van der Waals surface area contributed by atoms with Crippen LogP contribution < -0.4 is 0 Å². The van der Waals surface area contributed by atoms with Crippen molar-refractivity contribution in [3.8, 4) is 11.1 Å². The summed E-state index contributed by atoms with van der Waals surface area (Å²) in [4.78, 5) is 11.1.